The lowest BCUT2D eigenvalue weighted by atomic mass is 9.86. The van der Waals surface area contributed by atoms with E-state index in [0.717, 1.165) is 18.5 Å². The molecule has 5 nitrogen and oxygen atoms in total. The minimum Gasteiger partial charge on any atom is -0.481 e. The van der Waals surface area contributed by atoms with Crippen LogP contribution in [-0.2, 0) is 4.79 Å². The number of hydrogen-bond acceptors (Lipinski definition) is 3. The van der Waals surface area contributed by atoms with Gasteiger partial charge in [-0.3, -0.25) is 4.79 Å². The molecule has 0 atom stereocenters. The second-order valence-corrected chi connectivity index (χ2v) is 5.39. The van der Waals surface area contributed by atoms with Crippen molar-refractivity contribution >= 4 is 29.0 Å². The molecular weight excluding hydrogens is 252 g/mol. The van der Waals surface area contributed by atoms with E-state index in [1.807, 2.05) is 10.8 Å². The highest BCUT2D eigenvalue weighted by atomic mass is 32.1. The molecule has 18 heavy (non-hydrogen) atoms. The van der Waals surface area contributed by atoms with E-state index in [-0.39, 0.29) is 12.6 Å². The standard InChI is InChI=1S/C12H16N2O3S/c15-10(16)12(4-1-2-5-12)8-13-11(17)14-9-3-6-18-7-9/h3,6-7H,1-2,4-5,8H2,(H,15,16)(H2,13,14,17). The van der Waals surface area contributed by atoms with Gasteiger partial charge < -0.3 is 15.7 Å². The number of carboxylic acid groups (broad SMARTS) is 1. The molecule has 3 N–H and O–H groups in total. The fourth-order valence-corrected chi connectivity index (χ4v) is 2.87. The van der Waals surface area contributed by atoms with Gasteiger partial charge in [0.25, 0.3) is 0 Å². The highest BCUT2D eigenvalue weighted by molar-refractivity contribution is 7.08. The lowest BCUT2D eigenvalue weighted by Gasteiger charge is -2.23. The van der Waals surface area contributed by atoms with Gasteiger partial charge in [0.15, 0.2) is 0 Å². The zero-order valence-corrected chi connectivity index (χ0v) is 10.8. The molecule has 1 fully saturated rings. The molecule has 2 amide bonds. The Hall–Kier alpha value is -1.56. The molecule has 0 unspecified atom stereocenters. The first-order valence-electron chi connectivity index (χ1n) is 5.93. The third kappa shape index (κ3) is 2.81. The number of aliphatic carboxylic acids is 1. The van der Waals surface area contributed by atoms with Crippen molar-refractivity contribution in [2.75, 3.05) is 11.9 Å². The van der Waals surface area contributed by atoms with Gasteiger partial charge in [-0.25, -0.2) is 4.79 Å². The van der Waals surface area contributed by atoms with Crippen LogP contribution in [0.5, 0.6) is 0 Å². The van der Waals surface area contributed by atoms with Gasteiger partial charge in [-0.05, 0) is 24.3 Å². The Morgan fingerprint density at radius 1 is 1.39 bits per heavy atom. The number of thiophene rings is 1. The van der Waals surface area contributed by atoms with E-state index >= 15 is 0 Å². The molecule has 0 spiro atoms. The van der Waals surface area contributed by atoms with Crippen molar-refractivity contribution < 1.29 is 14.7 Å². The van der Waals surface area contributed by atoms with Crippen molar-refractivity contribution in [1.29, 1.82) is 0 Å². The zero-order valence-electron chi connectivity index (χ0n) is 9.94. The Balaban J connectivity index is 1.86. The maximum Gasteiger partial charge on any atom is 0.319 e. The fourth-order valence-electron chi connectivity index (χ4n) is 2.28. The van der Waals surface area contributed by atoms with E-state index in [1.54, 1.807) is 6.07 Å². The van der Waals surface area contributed by atoms with Crippen LogP contribution in [0.25, 0.3) is 0 Å². The van der Waals surface area contributed by atoms with Gasteiger partial charge in [0.1, 0.15) is 0 Å². The second kappa shape index (κ2) is 5.39. The van der Waals surface area contributed by atoms with Gasteiger partial charge in [0, 0.05) is 11.9 Å². The van der Waals surface area contributed by atoms with E-state index in [1.165, 1.54) is 11.3 Å². The summed E-state index contributed by atoms with van der Waals surface area (Å²) in [5, 5.41) is 18.3. The van der Waals surface area contributed by atoms with Crippen molar-refractivity contribution in [3.8, 4) is 0 Å². The quantitative estimate of drug-likeness (QED) is 0.785. The summed E-state index contributed by atoms with van der Waals surface area (Å²) >= 11 is 1.49. The van der Waals surface area contributed by atoms with Crippen molar-refractivity contribution in [3.63, 3.8) is 0 Å². The molecule has 1 heterocycles. The highest BCUT2D eigenvalue weighted by Gasteiger charge is 2.41. The first-order chi connectivity index (χ1) is 8.62. The number of rotatable bonds is 4. The first-order valence-corrected chi connectivity index (χ1v) is 6.87. The summed E-state index contributed by atoms with van der Waals surface area (Å²) in [4.78, 5) is 22.9. The van der Waals surface area contributed by atoms with Gasteiger partial charge in [-0.15, -0.1) is 0 Å². The Labute approximate surface area is 109 Å². The van der Waals surface area contributed by atoms with E-state index in [0.29, 0.717) is 12.8 Å². The van der Waals surface area contributed by atoms with E-state index in [2.05, 4.69) is 10.6 Å². The Bertz CT molecular complexity index is 425. The van der Waals surface area contributed by atoms with E-state index in [9.17, 15) is 14.7 Å². The van der Waals surface area contributed by atoms with Crippen LogP contribution in [0.2, 0.25) is 0 Å². The summed E-state index contributed by atoms with van der Waals surface area (Å²) in [5.74, 6) is -0.809. The fraction of sp³-hybridized carbons (Fsp3) is 0.500. The average molecular weight is 268 g/mol. The molecule has 1 aliphatic rings. The molecule has 0 aromatic carbocycles. The van der Waals surface area contributed by atoms with Crippen LogP contribution in [0, 0.1) is 5.41 Å². The van der Waals surface area contributed by atoms with E-state index in [4.69, 9.17) is 0 Å². The normalized spacial score (nSPS) is 17.3. The minimum atomic E-state index is -0.809. The summed E-state index contributed by atoms with van der Waals surface area (Å²) in [6.07, 6.45) is 3.11. The topological polar surface area (TPSA) is 78.4 Å². The molecule has 6 heteroatoms. The molecule has 0 saturated heterocycles. The SMILES string of the molecule is O=C(NCC1(C(=O)O)CCCC1)Nc1ccsc1. The van der Waals surface area contributed by atoms with Crippen LogP contribution in [0.3, 0.4) is 0 Å². The maximum atomic E-state index is 11.6. The van der Waals surface area contributed by atoms with Crippen LogP contribution >= 0.6 is 11.3 Å². The molecule has 98 valence electrons. The molecule has 0 bridgehead atoms. The molecule has 1 aromatic rings. The number of nitrogens with one attached hydrogen (secondary N) is 2. The van der Waals surface area contributed by atoms with Gasteiger partial charge in [0.2, 0.25) is 0 Å². The molecule has 1 aliphatic carbocycles. The molecule has 0 aliphatic heterocycles. The van der Waals surface area contributed by atoms with Crippen molar-refractivity contribution in [3.05, 3.63) is 16.8 Å². The summed E-state index contributed by atoms with van der Waals surface area (Å²) < 4.78 is 0. The third-order valence-corrected chi connectivity index (χ3v) is 4.06. The van der Waals surface area contributed by atoms with Crippen molar-refractivity contribution in [2.24, 2.45) is 5.41 Å². The van der Waals surface area contributed by atoms with Crippen LogP contribution in [0.4, 0.5) is 10.5 Å². The Morgan fingerprint density at radius 3 is 2.67 bits per heavy atom. The first kappa shape index (κ1) is 12.9. The van der Waals surface area contributed by atoms with E-state index < -0.39 is 11.4 Å². The lowest BCUT2D eigenvalue weighted by Crippen LogP contribution is -2.42. The number of hydrogen-bond donors (Lipinski definition) is 3. The van der Waals surface area contributed by atoms with Crippen LogP contribution in [-0.4, -0.2) is 23.7 Å². The summed E-state index contributed by atoms with van der Waals surface area (Å²) in [6, 6.07) is 1.45. The molecule has 1 saturated carbocycles. The van der Waals surface area contributed by atoms with Gasteiger partial charge in [-0.2, -0.15) is 11.3 Å². The van der Waals surface area contributed by atoms with Crippen LogP contribution < -0.4 is 10.6 Å². The summed E-state index contributed by atoms with van der Waals surface area (Å²) in [6.45, 7) is 0.193. The zero-order chi connectivity index (χ0) is 13.0. The average Bonchev–Trinajstić information content (AvgIpc) is 2.97. The van der Waals surface area contributed by atoms with Crippen molar-refractivity contribution in [2.45, 2.75) is 25.7 Å². The minimum absolute atomic E-state index is 0.193. The number of carboxylic acids is 1. The molecule has 0 radical (unpaired) electrons. The maximum absolute atomic E-state index is 11.6. The largest absolute Gasteiger partial charge is 0.481 e. The lowest BCUT2D eigenvalue weighted by molar-refractivity contribution is -0.148. The number of urea groups is 1. The third-order valence-electron chi connectivity index (χ3n) is 3.38. The molecule has 1 aromatic heterocycles. The van der Waals surface area contributed by atoms with Gasteiger partial charge in [0.05, 0.1) is 11.1 Å². The van der Waals surface area contributed by atoms with Crippen molar-refractivity contribution in [1.82, 2.24) is 5.32 Å². The Morgan fingerprint density at radius 2 is 2.11 bits per heavy atom. The van der Waals surface area contributed by atoms with Gasteiger partial charge in [-0.1, -0.05) is 12.8 Å². The number of carbonyl (C=O) groups excluding carboxylic acids is 1. The highest BCUT2D eigenvalue weighted by Crippen LogP contribution is 2.37. The van der Waals surface area contributed by atoms with Crippen LogP contribution in [0.1, 0.15) is 25.7 Å². The number of carbonyl (C=O) groups is 2. The predicted molar refractivity (Wildman–Crippen MR) is 69.9 cm³/mol. The predicted octanol–water partition coefficient (Wildman–Crippen LogP) is 2.51. The second-order valence-electron chi connectivity index (χ2n) is 4.61. The molecule has 2 rings (SSSR count). The summed E-state index contributed by atoms with van der Waals surface area (Å²) in [5.41, 5.74) is -0.0419. The number of anilines is 1. The monoisotopic (exact) mass is 268 g/mol. The van der Waals surface area contributed by atoms with Crippen LogP contribution in [0.15, 0.2) is 16.8 Å². The molecular formula is C12H16N2O3S. The number of amides is 2. The van der Waals surface area contributed by atoms with Gasteiger partial charge >= 0.3 is 12.0 Å². The Kier molecular flexibility index (Phi) is 3.86. The smallest absolute Gasteiger partial charge is 0.319 e. The summed E-state index contributed by atoms with van der Waals surface area (Å²) in [7, 11) is 0.